The molecule has 0 aromatic heterocycles. The first kappa shape index (κ1) is 25.5. The molecule has 0 spiro atoms. The molecule has 3 rings (SSSR count). The van der Waals surface area contributed by atoms with E-state index < -0.39 is 10.8 Å². The van der Waals surface area contributed by atoms with Gasteiger partial charge < -0.3 is 14.8 Å². The van der Waals surface area contributed by atoms with E-state index in [1.165, 1.54) is 25.3 Å². The highest BCUT2D eigenvalue weighted by Crippen LogP contribution is 2.38. The largest absolute Gasteiger partial charge is 0.493 e. The van der Waals surface area contributed by atoms with Crippen molar-refractivity contribution in [2.45, 2.75) is 20.0 Å². The number of amides is 1. The van der Waals surface area contributed by atoms with Crippen molar-refractivity contribution in [1.29, 1.82) is 5.26 Å². The molecule has 8 nitrogen and oxygen atoms in total. The highest BCUT2D eigenvalue weighted by molar-refractivity contribution is 9.10. The standard InChI is InChI=1S/C26H22BrN3O5/c1-3-17-4-8-21(9-5-17)29-26(31)20(15-28)12-19-13-23(27)25(24(14-19)34-2)35-16-18-6-10-22(11-7-18)30(32)33/h4-14H,3,16H2,1-2H3,(H,29,31)/b20-12-. The van der Waals surface area contributed by atoms with Gasteiger partial charge in [-0.1, -0.05) is 19.1 Å². The number of halogens is 1. The average Bonchev–Trinajstić information content (AvgIpc) is 2.86. The number of benzene rings is 3. The fourth-order valence-corrected chi connectivity index (χ4v) is 3.74. The van der Waals surface area contributed by atoms with E-state index in [1.807, 2.05) is 25.1 Å². The Kier molecular flexibility index (Phi) is 8.59. The number of rotatable bonds is 9. The monoisotopic (exact) mass is 535 g/mol. The molecular weight excluding hydrogens is 514 g/mol. The summed E-state index contributed by atoms with van der Waals surface area (Å²) in [4.78, 5) is 23.0. The number of nitrogens with one attached hydrogen (secondary N) is 1. The van der Waals surface area contributed by atoms with Crippen LogP contribution in [0.5, 0.6) is 11.5 Å². The second kappa shape index (κ2) is 11.8. The minimum absolute atomic E-state index is 0.000964. The number of aryl methyl sites for hydroxylation is 1. The molecule has 0 fully saturated rings. The third kappa shape index (κ3) is 6.68. The van der Waals surface area contributed by atoms with Gasteiger partial charge in [0, 0.05) is 17.8 Å². The first-order valence-electron chi connectivity index (χ1n) is 10.6. The van der Waals surface area contributed by atoms with Crippen LogP contribution in [0.1, 0.15) is 23.6 Å². The molecule has 0 saturated carbocycles. The highest BCUT2D eigenvalue weighted by Gasteiger charge is 2.15. The second-order valence-corrected chi connectivity index (χ2v) is 8.28. The van der Waals surface area contributed by atoms with E-state index in [0.717, 1.165) is 17.5 Å². The quantitative estimate of drug-likeness (QED) is 0.154. The molecular formula is C26H22BrN3O5. The van der Waals surface area contributed by atoms with Gasteiger partial charge in [0.05, 0.1) is 16.5 Å². The highest BCUT2D eigenvalue weighted by atomic mass is 79.9. The summed E-state index contributed by atoms with van der Waals surface area (Å²) in [5, 5.41) is 23.1. The molecule has 0 radical (unpaired) electrons. The number of ether oxygens (including phenoxy) is 2. The number of carbonyl (C=O) groups excluding carboxylic acids is 1. The van der Waals surface area contributed by atoms with E-state index in [2.05, 4.69) is 21.2 Å². The molecule has 0 aliphatic heterocycles. The smallest absolute Gasteiger partial charge is 0.269 e. The van der Waals surface area contributed by atoms with Crippen molar-refractivity contribution in [3.8, 4) is 17.6 Å². The fourth-order valence-electron chi connectivity index (χ4n) is 3.17. The molecule has 0 bridgehead atoms. The molecule has 0 atom stereocenters. The first-order chi connectivity index (χ1) is 16.8. The van der Waals surface area contributed by atoms with Crippen molar-refractivity contribution < 1.29 is 19.2 Å². The summed E-state index contributed by atoms with van der Waals surface area (Å²) in [5.74, 6) is 0.285. The lowest BCUT2D eigenvalue weighted by atomic mass is 10.1. The molecule has 0 aliphatic rings. The fraction of sp³-hybridized carbons (Fsp3) is 0.154. The lowest BCUT2D eigenvalue weighted by molar-refractivity contribution is -0.384. The zero-order valence-corrected chi connectivity index (χ0v) is 20.7. The molecule has 1 N–H and O–H groups in total. The average molecular weight is 536 g/mol. The summed E-state index contributed by atoms with van der Waals surface area (Å²) in [5.41, 5.74) is 2.97. The number of hydrogen-bond donors (Lipinski definition) is 1. The van der Waals surface area contributed by atoms with E-state index in [0.29, 0.717) is 27.2 Å². The summed E-state index contributed by atoms with van der Waals surface area (Å²) in [6, 6.07) is 18.8. The summed E-state index contributed by atoms with van der Waals surface area (Å²) < 4.78 is 11.9. The number of anilines is 1. The van der Waals surface area contributed by atoms with E-state index in [9.17, 15) is 20.2 Å². The van der Waals surface area contributed by atoms with Crippen LogP contribution < -0.4 is 14.8 Å². The van der Waals surface area contributed by atoms with Crippen LogP contribution in [-0.4, -0.2) is 17.9 Å². The van der Waals surface area contributed by atoms with Crippen LogP contribution in [-0.2, 0) is 17.8 Å². The summed E-state index contributed by atoms with van der Waals surface area (Å²) in [6.07, 6.45) is 2.35. The number of nitrogens with zero attached hydrogens (tertiary/aromatic N) is 2. The van der Waals surface area contributed by atoms with Crippen LogP contribution >= 0.6 is 15.9 Å². The van der Waals surface area contributed by atoms with E-state index >= 15 is 0 Å². The van der Waals surface area contributed by atoms with Crippen LogP contribution in [0.2, 0.25) is 0 Å². The van der Waals surface area contributed by atoms with Gasteiger partial charge in [0.25, 0.3) is 11.6 Å². The zero-order chi connectivity index (χ0) is 25.4. The second-order valence-electron chi connectivity index (χ2n) is 7.42. The summed E-state index contributed by atoms with van der Waals surface area (Å²) >= 11 is 3.45. The van der Waals surface area contributed by atoms with Gasteiger partial charge in [-0.2, -0.15) is 5.26 Å². The van der Waals surface area contributed by atoms with E-state index in [-0.39, 0.29) is 17.9 Å². The molecule has 1 amide bonds. The Morgan fingerprint density at radius 2 is 1.80 bits per heavy atom. The van der Waals surface area contributed by atoms with Crippen LogP contribution in [0.15, 0.2) is 70.7 Å². The molecule has 9 heteroatoms. The first-order valence-corrected chi connectivity index (χ1v) is 11.4. The topological polar surface area (TPSA) is 114 Å². The Morgan fingerprint density at radius 3 is 2.37 bits per heavy atom. The van der Waals surface area contributed by atoms with Gasteiger partial charge in [0.2, 0.25) is 0 Å². The van der Waals surface area contributed by atoms with Crippen molar-refractivity contribution in [1.82, 2.24) is 0 Å². The molecule has 178 valence electrons. The molecule has 3 aromatic carbocycles. The van der Waals surface area contributed by atoms with Gasteiger partial charge in [0.15, 0.2) is 11.5 Å². The van der Waals surface area contributed by atoms with Crippen LogP contribution in [0, 0.1) is 21.4 Å². The molecule has 35 heavy (non-hydrogen) atoms. The predicted octanol–water partition coefficient (Wildman–Crippen LogP) is 6.05. The molecule has 0 aliphatic carbocycles. The van der Waals surface area contributed by atoms with Gasteiger partial charge in [-0.05, 0) is 81.5 Å². The minimum atomic E-state index is -0.523. The Balaban J connectivity index is 1.77. The van der Waals surface area contributed by atoms with Gasteiger partial charge in [-0.25, -0.2) is 0 Å². The maximum Gasteiger partial charge on any atom is 0.269 e. The maximum atomic E-state index is 12.6. The Hall–Kier alpha value is -4.16. The van der Waals surface area contributed by atoms with Crippen molar-refractivity contribution in [3.63, 3.8) is 0 Å². The minimum Gasteiger partial charge on any atom is -0.493 e. The lowest BCUT2D eigenvalue weighted by Crippen LogP contribution is -2.13. The third-order valence-corrected chi connectivity index (χ3v) is 5.67. The Labute approximate surface area is 211 Å². The lowest BCUT2D eigenvalue weighted by Gasteiger charge is -2.14. The van der Waals surface area contributed by atoms with Crippen molar-refractivity contribution in [3.05, 3.63) is 97.5 Å². The molecule has 0 unspecified atom stereocenters. The molecule has 0 heterocycles. The molecule has 3 aromatic rings. The number of carbonyl (C=O) groups is 1. The van der Waals surface area contributed by atoms with Gasteiger partial charge in [-0.3, -0.25) is 14.9 Å². The number of nitro groups is 1. The van der Waals surface area contributed by atoms with Gasteiger partial charge in [0.1, 0.15) is 18.2 Å². The van der Waals surface area contributed by atoms with Crippen molar-refractivity contribution in [2.24, 2.45) is 0 Å². The number of hydrogen-bond acceptors (Lipinski definition) is 6. The van der Waals surface area contributed by atoms with Crippen LogP contribution in [0.4, 0.5) is 11.4 Å². The number of non-ortho nitro benzene ring substituents is 1. The predicted molar refractivity (Wildman–Crippen MR) is 136 cm³/mol. The van der Waals surface area contributed by atoms with Crippen molar-refractivity contribution in [2.75, 3.05) is 12.4 Å². The Bertz CT molecular complexity index is 1300. The number of nitriles is 1. The summed E-state index contributed by atoms with van der Waals surface area (Å²) in [7, 11) is 1.48. The molecule has 0 saturated heterocycles. The number of methoxy groups -OCH3 is 1. The SMILES string of the molecule is CCc1ccc(NC(=O)/C(C#N)=C\c2cc(Br)c(OCc3ccc([N+](=O)[O-])cc3)c(OC)c2)cc1. The van der Waals surface area contributed by atoms with Gasteiger partial charge in [-0.15, -0.1) is 0 Å². The van der Waals surface area contributed by atoms with Gasteiger partial charge >= 0.3 is 0 Å². The van der Waals surface area contributed by atoms with Crippen LogP contribution in [0.3, 0.4) is 0 Å². The van der Waals surface area contributed by atoms with E-state index in [4.69, 9.17) is 9.47 Å². The van der Waals surface area contributed by atoms with Crippen molar-refractivity contribution >= 4 is 39.3 Å². The maximum absolute atomic E-state index is 12.6. The number of nitro benzene ring substituents is 1. The normalized spacial score (nSPS) is 10.9. The Morgan fingerprint density at radius 1 is 1.14 bits per heavy atom. The third-order valence-electron chi connectivity index (χ3n) is 5.08. The van der Waals surface area contributed by atoms with Crippen LogP contribution in [0.25, 0.3) is 6.08 Å². The summed E-state index contributed by atoms with van der Waals surface area (Å²) in [6.45, 7) is 2.20. The zero-order valence-electron chi connectivity index (χ0n) is 19.1. The van der Waals surface area contributed by atoms with E-state index in [1.54, 1.807) is 36.4 Å².